The zero-order chi connectivity index (χ0) is 21.7. The summed E-state index contributed by atoms with van der Waals surface area (Å²) in [6.07, 6.45) is 0. The number of β-amino-alcohol motifs (C(OH)–C–C–N with tert-alkyl or cyclic N) is 1. The van der Waals surface area contributed by atoms with Gasteiger partial charge in [0.1, 0.15) is 0 Å². The predicted octanol–water partition coefficient (Wildman–Crippen LogP) is 3.65. The van der Waals surface area contributed by atoms with E-state index >= 15 is 0 Å². The Bertz CT molecular complexity index is 848. The fraction of sp³-hybridized carbons (Fsp3) is 0.480. The average molecular weight is 410 g/mol. The number of carbonyl (C=O) groups excluding carboxylic acids is 1. The molecule has 0 radical (unpaired) electrons. The van der Waals surface area contributed by atoms with Crippen LogP contribution in [0.25, 0.3) is 0 Å². The molecule has 0 aromatic heterocycles. The maximum Gasteiger partial charge on any atom is 0.255 e. The summed E-state index contributed by atoms with van der Waals surface area (Å²) < 4.78 is 0. The fourth-order valence-electron chi connectivity index (χ4n) is 3.76. The van der Waals surface area contributed by atoms with E-state index in [1.165, 1.54) is 16.7 Å². The van der Waals surface area contributed by atoms with Crippen molar-refractivity contribution in [3.05, 3.63) is 64.7 Å². The quantitative estimate of drug-likeness (QED) is 0.765. The van der Waals surface area contributed by atoms with Gasteiger partial charge in [0, 0.05) is 50.5 Å². The Morgan fingerprint density at radius 1 is 1.00 bits per heavy atom. The standard InChI is InChI=1S/C25H35N3O2/c1-19-5-7-23(8-6-19)26-24(30)21-15-20(16-22(17-21)25(2,3)4)18-28-11-9-27(10-12-28)13-14-29/h5-8,15-17,29H,9-14,18H2,1-4H3,(H,26,30). The molecule has 0 unspecified atom stereocenters. The molecule has 2 aromatic rings. The van der Waals surface area contributed by atoms with Crippen LogP contribution in [0.4, 0.5) is 5.69 Å². The summed E-state index contributed by atoms with van der Waals surface area (Å²) in [4.78, 5) is 17.7. The van der Waals surface area contributed by atoms with E-state index in [1.807, 2.05) is 43.3 Å². The van der Waals surface area contributed by atoms with Crippen LogP contribution < -0.4 is 5.32 Å². The molecule has 5 nitrogen and oxygen atoms in total. The third kappa shape index (κ3) is 6.14. The molecular formula is C25H35N3O2. The summed E-state index contributed by atoms with van der Waals surface area (Å²) in [5, 5.41) is 12.2. The molecule has 2 aromatic carbocycles. The van der Waals surface area contributed by atoms with Crippen molar-refractivity contribution < 1.29 is 9.90 Å². The van der Waals surface area contributed by atoms with Gasteiger partial charge in [-0.1, -0.05) is 44.5 Å². The second-order valence-electron chi connectivity index (χ2n) is 9.33. The molecule has 1 saturated heterocycles. The zero-order valence-electron chi connectivity index (χ0n) is 18.7. The predicted molar refractivity (Wildman–Crippen MR) is 123 cm³/mol. The number of nitrogens with one attached hydrogen (secondary N) is 1. The van der Waals surface area contributed by atoms with E-state index in [-0.39, 0.29) is 17.9 Å². The van der Waals surface area contributed by atoms with Crippen LogP contribution >= 0.6 is 0 Å². The number of hydrogen-bond donors (Lipinski definition) is 2. The van der Waals surface area contributed by atoms with E-state index in [4.69, 9.17) is 5.11 Å². The average Bonchev–Trinajstić information content (AvgIpc) is 2.70. The first-order chi connectivity index (χ1) is 14.2. The minimum absolute atomic E-state index is 0.0330. The van der Waals surface area contributed by atoms with Crippen molar-refractivity contribution in [1.82, 2.24) is 9.80 Å². The first-order valence-corrected chi connectivity index (χ1v) is 10.8. The van der Waals surface area contributed by atoms with Gasteiger partial charge in [0.15, 0.2) is 0 Å². The van der Waals surface area contributed by atoms with Gasteiger partial charge >= 0.3 is 0 Å². The number of aliphatic hydroxyl groups excluding tert-OH is 1. The highest BCUT2D eigenvalue weighted by Crippen LogP contribution is 2.26. The van der Waals surface area contributed by atoms with Gasteiger partial charge in [0.05, 0.1) is 6.61 Å². The van der Waals surface area contributed by atoms with E-state index in [9.17, 15) is 4.79 Å². The minimum Gasteiger partial charge on any atom is -0.395 e. The number of aliphatic hydroxyl groups is 1. The molecule has 1 aliphatic rings. The number of nitrogens with zero attached hydrogens (tertiary/aromatic N) is 2. The van der Waals surface area contributed by atoms with Gasteiger partial charge in [0.2, 0.25) is 0 Å². The number of amides is 1. The molecular weight excluding hydrogens is 374 g/mol. The first kappa shape index (κ1) is 22.5. The Labute approximate surface area is 180 Å². The third-order valence-electron chi connectivity index (χ3n) is 5.72. The molecule has 0 atom stereocenters. The zero-order valence-corrected chi connectivity index (χ0v) is 18.7. The van der Waals surface area contributed by atoms with Crippen LogP contribution in [-0.2, 0) is 12.0 Å². The Balaban J connectivity index is 1.76. The van der Waals surface area contributed by atoms with Crippen molar-refractivity contribution in [3.8, 4) is 0 Å². The molecule has 0 bridgehead atoms. The number of hydrogen-bond acceptors (Lipinski definition) is 4. The normalized spacial score (nSPS) is 15.9. The topological polar surface area (TPSA) is 55.8 Å². The lowest BCUT2D eigenvalue weighted by molar-refractivity contribution is 0.102. The van der Waals surface area contributed by atoms with Gasteiger partial charge in [0.25, 0.3) is 5.91 Å². The highest BCUT2D eigenvalue weighted by atomic mass is 16.3. The third-order valence-corrected chi connectivity index (χ3v) is 5.72. The molecule has 5 heteroatoms. The summed E-state index contributed by atoms with van der Waals surface area (Å²) in [6, 6.07) is 14.2. The Morgan fingerprint density at radius 2 is 1.63 bits per heavy atom. The van der Waals surface area contributed by atoms with E-state index in [1.54, 1.807) is 0 Å². The van der Waals surface area contributed by atoms with E-state index < -0.39 is 0 Å². The maximum absolute atomic E-state index is 13.0. The van der Waals surface area contributed by atoms with Crippen LogP contribution in [0.5, 0.6) is 0 Å². The number of piperazine rings is 1. The number of carbonyl (C=O) groups is 1. The maximum atomic E-state index is 13.0. The highest BCUT2D eigenvalue weighted by molar-refractivity contribution is 6.04. The van der Waals surface area contributed by atoms with Crippen molar-refractivity contribution in [2.24, 2.45) is 0 Å². The second-order valence-corrected chi connectivity index (χ2v) is 9.33. The molecule has 3 rings (SSSR count). The highest BCUT2D eigenvalue weighted by Gasteiger charge is 2.20. The molecule has 0 aliphatic carbocycles. The lowest BCUT2D eigenvalue weighted by Gasteiger charge is -2.34. The Kier molecular flexibility index (Phi) is 7.29. The van der Waals surface area contributed by atoms with Gasteiger partial charge < -0.3 is 10.4 Å². The van der Waals surface area contributed by atoms with Crippen molar-refractivity contribution in [2.75, 3.05) is 44.6 Å². The number of benzene rings is 2. The summed E-state index contributed by atoms with van der Waals surface area (Å²) in [6.45, 7) is 14.3. The molecule has 0 saturated carbocycles. The molecule has 2 N–H and O–H groups in total. The van der Waals surface area contributed by atoms with E-state index in [2.05, 4.69) is 42.0 Å². The van der Waals surface area contributed by atoms with Gasteiger partial charge in [-0.2, -0.15) is 0 Å². The Morgan fingerprint density at radius 3 is 2.23 bits per heavy atom. The van der Waals surface area contributed by atoms with E-state index in [0.29, 0.717) is 5.56 Å². The van der Waals surface area contributed by atoms with E-state index in [0.717, 1.165) is 45.0 Å². The molecule has 0 spiro atoms. The van der Waals surface area contributed by atoms with Crippen molar-refractivity contribution >= 4 is 11.6 Å². The molecule has 1 aliphatic heterocycles. The number of rotatable bonds is 6. The van der Waals surface area contributed by atoms with Crippen LogP contribution in [0.3, 0.4) is 0 Å². The van der Waals surface area contributed by atoms with Gasteiger partial charge in [-0.25, -0.2) is 0 Å². The molecule has 1 fully saturated rings. The lowest BCUT2D eigenvalue weighted by Crippen LogP contribution is -2.46. The summed E-state index contributed by atoms with van der Waals surface area (Å²) in [5.41, 5.74) is 5.00. The van der Waals surface area contributed by atoms with Crippen LogP contribution in [0, 0.1) is 6.92 Å². The number of anilines is 1. The van der Waals surface area contributed by atoms with Crippen LogP contribution in [-0.4, -0.2) is 60.1 Å². The molecule has 1 amide bonds. The fourth-order valence-corrected chi connectivity index (χ4v) is 3.76. The SMILES string of the molecule is Cc1ccc(NC(=O)c2cc(CN3CCN(CCO)CC3)cc(C(C)(C)C)c2)cc1. The molecule has 162 valence electrons. The Hall–Kier alpha value is -2.21. The van der Waals surface area contributed by atoms with Crippen molar-refractivity contribution in [1.29, 1.82) is 0 Å². The number of aryl methyl sites for hydroxylation is 1. The van der Waals surface area contributed by atoms with Crippen LogP contribution in [0.2, 0.25) is 0 Å². The van der Waals surface area contributed by atoms with Crippen LogP contribution in [0.1, 0.15) is 47.8 Å². The largest absolute Gasteiger partial charge is 0.395 e. The molecule has 30 heavy (non-hydrogen) atoms. The summed E-state index contributed by atoms with van der Waals surface area (Å²) in [5.74, 6) is -0.0704. The smallest absolute Gasteiger partial charge is 0.255 e. The first-order valence-electron chi connectivity index (χ1n) is 10.8. The lowest BCUT2D eigenvalue weighted by atomic mass is 9.85. The summed E-state index contributed by atoms with van der Waals surface area (Å²) in [7, 11) is 0. The van der Waals surface area contributed by atoms with Crippen LogP contribution in [0.15, 0.2) is 42.5 Å². The van der Waals surface area contributed by atoms with Gasteiger partial charge in [-0.05, 0) is 47.7 Å². The minimum atomic E-state index is -0.0704. The van der Waals surface area contributed by atoms with Crippen molar-refractivity contribution in [3.63, 3.8) is 0 Å². The molecule has 1 heterocycles. The van der Waals surface area contributed by atoms with Gasteiger partial charge in [-0.3, -0.25) is 14.6 Å². The monoisotopic (exact) mass is 409 g/mol. The van der Waals surface area contributed by atoms with Crippen molar-refractivity contribution in [2.45, 2.75) is 39.7 Å². The summed E-state index contributed by atoms with van der Waals surface area (Å²) >= 11 is 0. The van der Waals surface area contributed by atoms with Gasteiger partial charge in [-0.15, -0.1) is 0 Å². The second kappa shape index (κ2) is 9.73.